The molecule has 2 heterocycles. The zero-order chi connectivity index (χ0) is 19.4. The summed E-state index contributed by atoms with van der Waals surface area (Å²) in [6, 6.07) is 7.98. The summed E-state index contributed by atoms with van der Waals surface area (Å²) >= 11 is 1.44. The molecule has 0 unspecified atom stereocenters. The molecule has 0 atom stereocenters. The number of amides is 1. The van der Waals surface area contributed by atoms with Crippen LogP contribution < -0.4 is 4.72 Å². The number of hydrogen-bond acceptors (Lipinski definition) is 5. The van der Waals surface area contributed by atoms with E-state index in [1.165, 1.54) is 30.1 Å². The number of carbonyl (C=O) groups excluding carboxylic acids is 1. The molecule has 0 aliphatic carbocycles. The SMILES string of the molecule is CSc1ccc(S(=O)(=O)Nc2cccnc2)cc1C(=O)N1CCC(C)CC1. The molecule has 144 valence electrons. The number of thioether (sulfide) groups is 1. The van der Waals surface area contributed by atoms with Gasteiger partial charge in [-0.3, -0.25) is 14.5 Å². The van der Waals surface area contributed by atoms with Crippen LogP contribution in [0.3, 0.4) is 0 Å². The summed E-state index contributed by atoms with van der Waals surface area (Å²) in [6.07, 6.45) is 6.84. The summed E-state index contributed by atoms with van der Waals surface area (Å²) in [6.45, 7) is 3.60. The molecule has 0 spiro atoms. The Morgan fingerprint density at radius 3 is 2.63 bits per heavy atom. The van der Waals surface area contributed by atoms with Gasteiger partial charge in [-0.2, -0.15) is 0 Å². The van der Waals surface area contributed by atoms with E-state index in [9.17, 15) is 13.2 Å². The minimum absolute atomic E-state index is 0.0675. The highest BCUT2D eigenvalue weighted by Gasteiger charge is 2.25. The van der Waals surface area contributed by atoms with E-state index in [-0.39, 0.29) is 10.8 Å². The largest absolute Gasteiger partial charge is 0.339 e. The number of nitrogens with one attached hydrogen (secondary N) is 1. The first kappa shape index (κ1) is 19.7. The normalized spacial score (nSPS) is 15.6. The van der Waals surface area contributed by atoms with Crippen molar-refractivity contribution in [2.24, 2.45) is 5.92 Å². The first-order valence-corrected chi connectivity index (χ1v) is 11.5. The number of benzene rings is 1. The zero-order valence-corrected chi connectivity index (χ0v) is 17.0. The van der Waals surface area contributed by atoms with Crippen LogP contribution in [0, 0.1) is 5.92 Å². The Morgan fingerprint density at radius 2 is 2.00 bits per heavy atom. The van der Waals surface area contributed by atoms with E-state index in [4.69, 9.17) is 0 Å². The van der Waals surface area contributed by atoms with Crippen LogP contribution >= 0.6 is 11.8 Å². The van der Waals surface area contributed by atoms with Gasteiger partial charge in [0.15, 0.2) is 0 Å². The quantitative estimate of drug-likeness (QED) is 0.771. The highest BCUT2D eigenvalue weighted by molar-refractivity contribution is 7.98. The lowest BCUT2D eigenvalue weighted by Gasteiger charge is -2.30. The molecular weight excluding hydrogens is 382 g/mol. The van der Waals surface area contributed by atoms with E-state index in [2.05, 4.69) is 16.6 Å². The van der Waals surface area contributed by atoms with Gasteiger partial charge in [0.2, 0.25) is 0 Å². The number of pyridine rings is 1. The molecule has 6 nitrogen and oxygen atoms in total. The van der Waals surface area contributed by atoms with Crippen LogP contribution in [0.5, 0.6) is 0 Å². The Labute approximate surface area is 164 Å². The average Bonchev–Trinajstić information content (AvgIpc) is 2.68. The number of sulfonamides is 1. The average molecular weight is 406 g/mol. The smallest absolute Gasteiger partial charge is 0.261 e. The topological polar surface area (TPSA) is 79.4 Å². The maximum absolute atomic E-state index is 13.0. The molecule has 0 radical (unpaired) electrons. The summed E-state index contributed by atoms with van der Waals surface area (Å²) in [4.78, 5) is 19.6. The molecule has 1 aromatic carbocycles. The van der Waals surface area contributed by atoms with E-state index in [1.54, 1.807) is 24.4 Å². The van der Waals surface area contributed by atoms with Crippen molar-refractivity contribution < 1.29 is 13.2 Å². The van der Waals surface area contributed by atoms with Crippen LogP contribution in [0.1, 0.15) is 30.1 Å². The van der Waals surface area contributed by atoms with Crippen LogP contribution in [0.25, 0.3) is 0 Å². The second-order valence-corrected chi connectivity index (χ2v) is 9.21. The third kappa shape index (κ3) is 4.62. The van der Waals surface area contributed by atoms with Gasteiger partial charge in [0, 0.05) is 24.2 Å². The maximum atomic E-state index is 13.0. The van der Waals surface area contributed by atoms with Gasteiger partial charge in [-0.25, -0.2) is 8.42 Å². The van der Waals surface area contributed by atoms with Crippen LogP contribution in [-0.2, 0) is 10.0 Å². The van der Waals surface area contributed by atoms with Crippen molar-refractivity contribution in [1.29, 1.82) is 0 Å². The van der Waals surface area contributed by atoms with Crippen LogP contribution in [0.4, 0.5) is 5.69 Å². The zero-order valence-electron chi connectivity index (χ0n) is 15.4. The molecule has 1 aromatic heterocycles. The summed E-state index contributed by atoms with van der Waals surface area (Å²) in [5, 5.41) is 0. The maximum Gasteiger partial charge on any atom is 0.261 e. The van der Waals surface area contributed by atoms with Crippen LogP contribution in [-0.4, -0.2) is 43.6 Å². The lowest BCUT2D eigenvalue weighted by molar-refractivity contribution is 0.0693. The Bertz CT molecular complexity index is 909. The minimum atomic E-state index is -3.80. The van der Waals surface area contributed by atoms with Crippen LogP contribution in [0.2, 0.25) is 0 Å². The summed E-state index contributed by atoms with van der Waals surface area (Å²) in [5.41, 5.74) is 0.815. The molecule has 1 N–H and O–H groups in total. The van der Waals surface area contributed by atoms with E-state index in [0.29, 0.717) is 30.3 Å². The Hall–Kier alpha value is -2.06. The molecule has 1 aliphatic rings. The van der Waals surface area contributed by atoms with Crippen molar-refractivity contribution in [1.82, 2.24) is 9.88 Å². The predicted molar refractivity (Wildman–Crippen MR) is 108 cm³/mol. The number of rotatable bonds is 5. The molecule has 1 fully saturated rings. The standard InChI is InChI=1S/C19H23N3O3S2/c1-14-7-10-22(11-8-14)19(23)17-12-16(5-6-18(17)26-2)27(24,25)21-15-4-3-9-20-13-15/h3-6,9,12-14,21H,7-8,10-11H2,1-2H3. The molecule has 27 heavy (non-hydrogen) atoms. The van der Waals surface area contributed by atoms with Crippen LogP contribution in [0.15, 0.2) is 52.5 Å². The number of hydrogen-bond donors (Lipinski definition) is 1. The molecule has 8 heteroatoms. The lowest BCUT2D eigenvalue weighted by atomic mass is 9.98. The van der Waals surface area contributed by atoms with Gasteiger partial charge in [-0.05, 0) is 55.3 Å². The fraction of sp³-hybridized carbons (Fsp3) is 0.368. The van der Waals surface area contributed by atoms with Gasteiger partial charge in [0.05, 0.1) is 22.3 Å². The van der Waals surface area contributed by atoms with Crippen molar-refractivity contribution in [2.45, 2.75) is 29.6 Å². The van der Waals surface area contributed by atoms with E-state index < -0.39 is 10.0 Å². The number of likely N-dealkylation sites (tertiary alicyclic amines) is 1. The van der Waals surface area contributed by atoms with Gasteiger partial charge >= 0.3 is 0 Å². The first-order chi connectivity index (χ1) is 12.9. The van der Waals surface area contributed by atoms with Gasteiger partial charge in [0.1, 0.15) is 0 Å². The van der Waals surface area contributed by atoms with Crippen molar-refractivity contribution in [3.05, 3.63) is 48.3 Å². The number of piperidine rings is 1. The molecular formula is C19H23N3O3S2. The fourth-order valence-corrected chi connectivity index (χ4v) is 4.68. The van der Waals surface area contributed by atoms with Gasteiger partial charge in [0.25, 0.3) is 15.9 Å². The minimum Gasteiger partial charge on any atom is -0.339 e. The van der Waals surface area contributed by atoms with Gasteiger partial charge in [-0.15, -0.1) is 11.8 Å². The van der Waals surface area contributed by atoms with Gasteiger partial charge in [-0.1, -0.05) is 6.92 Å². The molecule has 0 bridgehead atoms. The molecule has 1 saturated heterocycles. The van der Waals surface area contributed by atoms with E-state index in [1.807, 2.05) is 11.2 Å². The number of anilines is 1. The monoisotopic (exact) mass is 405 g/mol. The number of nitrogens with zero attached hydrogens (tertiary/aromatic N) is 2. The van der Waals surface area contributed by atoms with Crippen molar-refractivity contribution in [3.8, 4) is 0 Å². The van der Waals surface area contributed by atoms with Crippen molar-refractivity contribution >= 4 is 33.4 Å². The van der Waals surface area contributed by atoms with Crippen molar-refractivity contribution in [2.75, 3.05) is 24.1 Å². The Morgan fingerprint density at radius 1 is 1.26 bits per heavy atom. The Balaban J connectivity index is 1.90. The van der Waals surface area contributed by atoms with Gasteiger partial charge < -0.3 is 4.90 Å². The number of carbonyl (C=O) groups is 1. The Kier molecular flexibility index (Phi) is 6.06. The van der Waals surface area contributed by atoms with E-state index in [0.717, 1.165) is 17.7 Å². The lowest BCUT2D eigenvalue weighted by Crippen LogP contribution is -2.38. The van der Waals surface area contributed by atoms with E-state index >= 15 is 0 Å². The highest BCUT2D eigenvalue weighted by Crippen LogP contribution is 2.27. The third-order valence-corrected chi connectivity index (χ3v) is 6.87. The summed E-state index contributed by atoms with van der Waals surface area (Å²) < 4.78 is 28.0. The predicted octanol–water partition coefficient (Wildman–Crippen LogP) is 3.48. The number of aromatic nitrogens is 1. The molecule has 0 saturated carbocycles. The second-order valence-electron chi connectivity index (χ2n) is 6.68. The summed E-state index contributed by atoms with van der Waals surface area (Å²) in [5.74, 6) is 0.508. The molecule has 1 amide bonds. The second kappa shape index (κ2) is 8.31. The fourth-order valence-electron chi connectivity index (χ4n) is 3.04. The third-order valence-electron chi connectivity index (χ3n) is 4.70. The molecule has 3 rings (SSSR count). The highest BCUT2D eigenvalue weighted by atomic mass is 32.2. The molecule has 1 aliphatic heterocycles. The van der Waals surface area contributed by atoms with Crippen molar-refractivity contribution in [3.63, 3.8) is 0 Å². The summed E-state index contributed by atoms with van der Waals surface area (Å²) in [7, 11) is -3.80. The molecule has 2 aromatic rings. The first-order valence-electron chi connectivity index (χ1n) is 8.81.